The fraction of sp³-hybridized carbons (Fsp3) is 0.143. The summed E-state index contributed by atoms with van der Waals surface area (Å²) < 4.78 is 39.0. The predicted molar refractivity (Wildman–Crippen MR) is 110 cm³/mol. The molecule has 156 valence electrons. The van der Waals surface area contributed by atoms with Gasteiger partial charge in [-0.1, -0.05) is 30.3 Å². The lowest BCUT2D eigenvalue weighted by molar-refractivity contribution is -0.137. The molecule has 1 heterocycles. The van der Waals surface area contributed by atoms with Crippen molar-refractivity contribution in [3.63, 3.8) is 0 Å². The van der Waals surface area contributed by atoms with E-state index in [1.54, 1.807) is 35.6 Å². The van der Waals surface area contributed by atoms with Gasteiger partial charge >= 0.3 is 12.2 Å². The Balaban J connectivity index is 1.53. The van der Waals surface area contributed by atoms with Gasteiger partial charge in [-0.15, -0.1) is 11.3 Å². The zero-order chi connectivity index (χ0) is 21.6. The maximum atomic E-state index is 13.0. The molecule has 0 fully saturated rings. The van der Waals surface area contributed by atoms with E-state index in [1.165, 1.54) is 18.2 Å². The highest BCUT2D eigenvalue weighted by Crippen LogP contribution is 2.34. The van der Waals surface area contributed by atoms with E-state index < -0.39 is 17.8 Å². The minimum Gasteiger partial charge on any atom is -0.351 e. The molecule has 0 aliphatic heterocycles. The molecule has 0 atom stereocenters. The van der Waals surface area contributed by atoms with Gasteiger partial charge in [0.05, 0.1) is 24.2 Å². The van der Waals surface area contributed by atoms with Crippen LogP contribution in [-0.2, 0) is 23.9 Å². The second-order valence-corrected chi connectivity index (χ2v) is 7.38. The van der Waals surface area contributed by atoms with Crippen molar-refractivity contribution < 1.29 is 22.8 Å². The van der Waals surface area contributed by atoms with E-state index in [-0.39, 0.29) is 18.0 Å². The Labute approximate surface area is 174 Å². The summed E-state index contributed by atoms with van der Waals surface area (Å²) in [6, 6.07) is 14.3. The molecule has 0 saturated heterocycles. The molecule has 3 amide bonds. The number of alkyl halides is 3. The molecule has 0 bridgehead atoms. The van der Waals surface area contributed by atoms with Crippen LogP contribution in [0.15, 0.2) is 66.0 Å². The monoisotopic (exact) mass is 433 g/mol. The molecule has 30 heavy (non-hydrogen) atoms. The summed E-state index contributed by atoms with van der Waals surface area (Å²) in [7, 11) is 0. The summed E-state index contributed by atoms with van der Waals surface area (Å²) in [5, 5.41) is 9.45. The van der Waals surface area contributed by atoms with Gasteiger partial charge in [0.1, 0.15) is 0 Å². The van der Waals surface area contributed by atoms with Crippen LogP contribution in [0.3, 0.4) is 0 Å². The van der Waals surface area contributed by atoms with Gasteiger partial charge in [0.15, 0.2) is 0 Å². The van der Waals surface area contributed by atoms with E-state index >= 15 is 0 Å². The summed E-state index contributed by atoms with van der Waals surface area (Å²) in [5.41, 5.74) is -0.127. The Morgan fingerprint density at radius 3 is 2.30 bits per heavy atom. The number of benzene rings is 2. The number of hydrogen-bond donors (Lipinski definition) is 3. The molecule has 3 N–H and O–H groups in total. The number of carbonyl (C=O) groups excluding carboxylic acids is 2. The molecule has 0 spiro atoms. The van der Waals surface area contributed by atoms with E-state index in [4.69, 9.17) is 0 Å². The van der Waals surface area contributed by atoms with Gasteiger partial charge in [0.25, 0.3) is 0 Å². The van der Waals surface area contributed by atoms with Crippen molar-refractivity contribution in [1.82, 2.24) is 5.32 Å². The SMILES string of the molecule is O=C(Cc1ccc(NC(=O)Nc2ccccc2C(F)(F)F)cc1)NCc1cccs1. The molecule has 5 nitrogen and oxygen atoms in total. The molecular weight excluding hydrogens is 415 g/mol. The number of amides is 3. The second-order valence-electron chi connectivity index (χ2n) is 6.35. The Morgan fingerprint density at radius 1 is 0.900 bits per heavy atom. The Kier molecular flexibility index (Phi) is 6.73. The van der Waals surface area contributed by atoms with E-state index in [0.29, 0.717) is 12.2 Å². The minimum absolute atomic E-state index is 0.134. The molecule has 0 unspecified atom stereocenters. The Morgan fingerprint density at radius 2 is 1.63 bits per heavy atom. The summed E-state index contributed by atoms with van der Waals surface area (Å²) in [4.78, 5) is 25.1. The van der Waals surface area contributed by atoms with Crippen molar-refractivity contribution in [2.45, 2.75) is 19.1 Å². The van der Waals surface area contributed by atoms with E-state index in [9.17, 15) is 22.8 Å². The van der Waals surface area contributed by atoms with Crippen LogP contribution < -0.4 is 16.0 Å². The van der Waals surface area contributed by atoms with Crippen LogP contribution in [0.4, 0.5) is 29.3 Å². The molecule has 0 radical (unpaired) electrons. The first-order valence-electron chi connectivity index (χ1n) is 8.93. The lowest BCUT2D eigenvalue weighted by Crippen LogP contribution is -2.24. The van der Waals surface area contributed by atoms with Gasteiger partial charge in [-0.3, -0.25) is 4.79 Å². The molecule has 3 rings (SSSR count). The summed E-state index contributed by atoms with van der Waals surface area (Å²) in [5.74, 6) is -0.134. The lowest BCUT2D eigenvalue weighted by atomic mass is 10.1. The average Bonchev–Trinajstić information content (AvgIpc) is 3.21. The summed E-state index contributed by atoms with van der Waals surface area (Å²) in [6.45, 7) is 0.468. The first kappa shape index (κ1) is 21.4. The lowest BCUT2D eigenvalue weighted by Gasteiger charge is -2.14. The van der Waals surface area contributed by atoms with Crippen molar-refractivity contribution >= 4 is 34.6 Å². The zero-order valence-corrected chi connectivity index (χ0v) is 16.4. The van der Waals surface area contributed by atoms with Crippen LogP contribution in [0.2, 0.25) is 0 Å². The Hall–Kier alpha value is -3.33. The maximum absolute atomic E-state index is 13.0. The van der Waals surface area contributed by atoms with Crippen LogP contribution in [0, 0.1) is 0 Å². The standard InChI is InChI=1S/C21H18F3N3O2S/c22-21(23,24)17-5-1-2-6-18(17)27-20(29)26-15-9-7-14(8-10-15)12-19(28)25-13-16-4-3-11-30-16/h1-11H,12-13H2,(H,25,28)(H2,26,27,29). The van der Waals surface area contributed by atoms with Crippen LogP contribution in [0.5, 0.6) is 0 Å². The average molecular weight is 433 g/mol. The highest BCUT2D eigenvalue weighted by atomic mass is 32.1. The second kappa shape index (κ2) is 9.45. The van der Waals surface area contributed by atoms with Crippen molar-refractivity contribution in [1.29, 1.82) is 0 Å². The fourth-order valence-electron chi connectivity index (χ4n) is 2.68. The number of carbonyl (C=O) groups is 2. The van der Waals surface area contributed by atoms with Crippen molar-refractivity contribution in [3.05, 3.63) is 82.0 Å². The molecule has 0 saturated carbocycles. The zero-order valence-electron chi connectivity index (χ0n) is 15.6. The predicted octanol–water partition coefficient (Wildman–Crippen LogP) is 5.27. The van der Waals surface area contributed by atoms with E-state index in [0.717, 1.165) is 16.5 Å². The summed E-state index contributed by atoms with van der Waals surface area (Å²) in [6.07, 6.45) is -4.40. The third-order valence-electron chi connectivity index (χ3n) is 4.10. The fourth-order valence-corrected chi connectivity index (χ4v) is 3.32. The Bertz CT molecular complexity index is 1000. The minimum atomic E-state index is -4.57. The molecule has 9 heteroatoms. The largest absolute Gasteiger partial charge is 0.418 e. The van der Waals surface area contributed by atoms with Crippen molar-refractivity contribution in [2.75, 3.05) is 10.6 Å². The number of halogens is 3. The molecule has 3 aromatic rings. The number of thiophene rings is 1. The van der Waals surface area contributed by atoms with Crippen LogP contribution in [0.25, 0.3) is 0 Å². The molecule has 0 aliphatic carbocycles. The molecular formula is C21H18F3N3O2S. The molecule has 2 aromatic carbocycles. The van der Waals surface area contributed by atoms with Gasteiger partial charge in [0, 0.05) is 10.6 Å². The highest BCUT2D eigenvalue weighted by Gasteiger charge is 2.33. The van der Waals surface area contributed by atoms with Gasteiger partial charge in [-0.25, -0.2) is 4.79 Å². The third kappa shape index (κ3) is 6.08. The van der Waals surface area contributed by atoms with Gasteiger partial charge in [0.2, 0.25) is 5.91 Å². The molecule has 0 aliphatic rings. The van der Waals surface area contributed by atoms with Gasteiger partial charge in [-0.2, -0.15) is 13.2 Å². The smallest absolute Gasteiger partial charge is 0.351 e. The quantitative estimate of drug-likeness (QED) is 0.496. The van der Waals surface area contributed by atoms with Crippen molar-refractivity contribution in [2.24, 2.45) is 0 Å². The van der Waals surface area contributed by atoms with Crippen LogP contribution in [-0.4, -0.2) is 11.9 Å². The number of rotatable bonds is 6. The number of nitrogens with one attached hydrogen (secondary N) is 3. The normalized spacial score (nSPS) is 11.0. The number of anilines is 2. The number of hydrogen-bond acceptors (Lipinski definition) is 3. The van der Waals surface area contributed by atoms with Crippen LogP contribution >= 0.6 is 11.3 Å². The number of para-hydroxylation sites is 1. The first-order chi connectivity index (χ1) is 14.3. The van der Waals surface area contributed by atoms with E-state index in [2.05, 4.69) is 16.0 Å². The van der Waals surface area contributed by atoms with Gasteiger partial charge in [-0.05, 0) is 41.3 Å². The van der Waals surface area contributed by atoms with Crippen molar-refractivity contribution in [3.8, 4) is 0 Å². The summed E-state index contributed by atoms with van der Waals surface area (Å²) >= 11 is 1.56. The maximum Gasteiger partial charge on any atom is 0.418 e. The topological polar surface area (TPSA) is 70.2 Å². The van der Waals surface area contributed by atoms with Crippen LogP contribution in [0.1, 0.15) is 16.0 Å². The number of urea groups is 1. The highest BCUT2D eigenvalue weighted by molar-refractivity contribution is 7.09. The van der Waals surface area contributed by atoms with E-state index in [1.807, 2.05) is 17.5 Å². The first-order valence-corrected chi connectivity index (χ1v) is 9.81. The third-order valence-corrected chi connectivity index (χ3v) is 4.97. The van der Waals surface area contributed by atoms with Gasteiger partial charge < -0.3 is 16.0 Å². The molecule has 1 aromatic heterocycles.